The van der Waals surface area contributed by atoms with E-state index in [1.54, 1.807) is 0 Å². The molecule has 144 valence electrons. The SMILES string of the molecule is CC(=O)CCCOC(=O)CCc1nc(-c2ccccc2)c(-c2ccccc2)o1. The van der Waals surface area contributed by atoms with E-state index in [2.05, 4.69) is 4.98 Å². The van der Waals surface area contributed by atoms with Crippen molar-refractivity contribution in [3.05, 3.63) is 66.6 Å². The van der Waals surface area contributed by atoms with Crippen molar-refractivity contribution in [3.8, 4) is 22.6 Å². The van der Waals surface area contributed by atoms with E-state index in [0.717, 1.165) is 16.8 Å². The molecule has 0 amide bonds. The summed E-state index contributed by atoms with van der Waals surface area (Å²) in [6.45, 7) is 1.79. The molecule has 28 heavy (non-hydrogen) atoms. The number of nitrogens with zero attached hydrogens (tertiary/aromatic N) is 1. The lowest BCUT2D eigenvalue weighted by molar-refractivity contribution is -0.144. The Morgan fingerprint density at radius 2 is 1.57 bits per heavy atom. The normalized spacial score (nSPS) is 10.6. The highest BCUT2D eigenvalue weighted by Gasteiger charge is 2.17. The second-order valence-corrected chi connectivity index (χ2v) is 6.54. The van der Waals surface area contributed by atoms with Crippen molar-refractivity contribution in [1.82, 2.24) is 4.98 Å². The zero-order valence-electron chi connectivity index (χ0n) is 15.9. The van der Waals surface area contributed by atoms with Crippen LogP contribution in [0.25, 0.3) is 22.6 Å². The molecule has 0 spiro atoms. The van der Waals surface area contributed by atoms with Gasteiger partial charge in [-0.3, -0.25) is 4.79 Å². The molecular weight excluding hydrogens is 354 g/mol. The maximum Gasteiger partial charge on any atom is 0.306 e. The van der Waals surface area contributed by atoms with E-state index >= 15 is 0 Å². The highest BCUT2D eigenvalue weighted by atomic mass is 16.5. The van der Waals surface area contributed by atoms with Gasteiger partial charge in [-0.2, -0.15) is 0 Å². The number of aromatic nitrogens is 1. The number of ketones is 1. The van der Waals surface area contributed by atoms with Gasteiger partial charge in [0.1, 0.15) is 11.5 Å². The minimum absolute atomic E-state index is 0.0951. The molecule has 1 aromatic heterocycles. The fourth-order valence-corrected chi connectivity index (χ4v) is 2.84. The molecule has 0 atom stereocenters. The molecule has 0 bridgehead atoms. The molecule has 0 saturated carbocycles. The van der Waals surface area contributed by atoms with Crippen molar-refractivity contribution in [3.63, 3.8) is 0 Å². The van der Waals surface area contributed by atoms with Gasteiger partial charge >= 0.3 is 5.97 Å². The summed E-state index contributed by atoms with van der Waals surface area (Å²) in [6, 6.07) is 19.6. The monoisotopic (exact) mass is 377 g/mol. The summed E-state index contributed by atoms with van der Waals surface area (Å²) in [4.78, 5) is 27.5. The van der Waals surface area contributed by atoms with Crippen molar-refractivity contribution in [1.29, 1.82) is 0 Å². The number of aryl methyl sites for hydroxylation is 1. The molecule has 0 saturated heterocycles. The van der Waals surface area contributed by atoms with Gasteiger partial charge in [-0.25, -0.2) is 4.98 Å². The molecule has 3 rings (SSSR count). The first kappa shape index (κ1) is 19.5. The number of oxazole rings is 1. The third-order valence-electron chi connectivity index (χ3n) is 4.23. The molecule has 0 fully saturated rings. The van der Waals surface area contributed by atoms with E-state index in [1.807, 2.05) is 60.7 Å². The van der Waals surface area contributed by atoms with Crippen molar-refractivity contribution < 1.29 is 18.7 Å². The number of rotatable bonds is 9. The van der Waals surface area contributed by atoms with E-state index < -0.39 is 0 Å². The van der Waals surface area contributed by atoms with Crippen LogP contribution in [0.2, 0.25) is 0 Å². The van der Waals surface area contributed by atoms with Crippen molar-refractivity contribution in [2.24, 2.45) is 0 Å². The predicted molar refractivity (Wildman–Crippen MR) is 107 cm³/mol. The van der Waals surface area contributed by atoms with Crippen LogP contribution in [0.5, 0.6) is 0 Å². The van der Waals surface area contributed by atoms with Gasteiger partial charge in [0.05, 0.1) is 13.0 Å². The lowest BCUT2D eigenvalue weighted by Gasteiger charge is -2.02. The molecule has 0 N–H and O–H groups in total. The molecule has 1 heterocycles. The lowest BCUT2D eigenvalue weighted by Crippen LogP contribution is -2.08. The molecule has 5 nitrogen and oxygen atoms in total. The van der Waals surface area contributed by atoms with Crippen LogP contribution in [-0.2, 0) is 20.7 Å². The molecule has 0 aliphatic rings. The van der Waals surface area contributed by atoms with E-state index in [4.69, 9.17) is 9.15 Å². The van der Waals surface area contributed by atoms with E-state index in [0.29, 0.717) is 30.9 Å². The fraction of sp³-hybridized carbons (Fsp3) is 0.261. The summed E-state index contributed by atoms with van der Waals surface area (Å²) in [5.41, 5.74) is 2.66. The molecule has 0 radical (unpaired) electrons. The van der Waals surface area contributed by atoms with Gasteiger partial charge in [0.2, 0.25) is 0 Å². The average Bonchev–Trinajstić information content (AvgIpc) is 3.15. The van der Waals surface area contributed by atoms with Gasteiger partial charge in [0.25, 0.3) is 0 Å². The van der Waals surface area contributed by atoms with Crippen LogP contribution in [0.4, 0.5) is 0 Å². The van der Waals surface area contributed by atoms with E-state index in [1.165, 1.54) is 6.92 Å². The summed E-state index contributed by atoms with van der Waals surface area (Å²) >= 11 is 0. The van der Waals surface area contributed by atoms with E-state index in [-0.39, 0.29) is 24.8 Å². The fourth-order valence-electron chi connectivity index (χ4n) is 2.84. The Morgan fingerprint density at radius 1 is 0.929 bits per heavy atom. The third kappa shape index (κ3) is 5.39. The Hall–Kier alpha value is -3.21. The van der Waals surface area contributed by atoms with Gasteiger partial charge in [0, 0.05) is 24.0 Å². The number of benzene rings is 2. The van der Waals surface area contributed by atoms with Crippen LogP contribution in [-0.4, -0.2) is 23.3 Å². The van der Waals surface area contributed by atoms with Crippen LogP contribution < -0.4 is 0 Å². The van der Waals surface area contributed by atoms with Crippen molar-refractivity contribution in [2.45, 2.75) is 32.6 Å². The van der Waals surface area contributed by atoms with Crippen molar-refractivity contribution in [2.75, 3.05) is 6.61 Å². The molecular formula is C23H23NO4. The molecule has 2 aromatic carbocycles. The predicted octanol–water partition coefficient (Wildman–Crippen LogP) is 4.85. The van der Waals surface area contributed by atoms with Gasteiger partial charge < -0.3 is 13.9 Å². The van der Waals surface area contributed by atoms with Crippen LogP contribution in [0.3, 0.4) is 0 Å². The van der Waals surface area contributed by atoms with Gasteiger partial charge in [0.15, 0.2) is 11.7 Å². The molecule has 0 aliphatic carbocycles. The highest BCUT2D eigenvalue weighted by molar-refractivity contribution is 5.77. The highest BCUT2D eigenvalue weighted by Crippen LogP contribution is 2.32. The first-order valence-corrected chi connectivity index (χ1v) is 9.39. The standard InChI is InChI=1S/C23H23NO4/c1-17(25)9-8-16-27-21(26)15-14-20-24-22(18-10-4-2-5-11-18)23(28-20)19-12-6-3-7-13-19/h2-7,10-13H,8-9,14-16H2,1H3. The minimum Gasteiger partial charge on any atom is -0.466 e. The van der Waals surface area contributed by atoms with Crippen LogP contribution >= 0.6 is 0 Å². The quantitative estimate of drug-likeness (QED) is 0.394. The third-order valence-corrected chi connectivity index (χ3v) is 4.23. The lowest BCUT2D eigenvalue weighted by atomic mass is 10.1. The first-order chi connectivity index (χ1) is 13.6. The average molecular weight is 377 g/mol. The van der Waals surface area contributed by atoms with Crippen LogP contribution in [0.15, 0.2) is 65.1 Å². The minimum atomic E-state index is -0.315. The first-order valence-electron chi connectivity index (χ1n) is 9.39. The van der Waals surface area contributed by atoms with Gasteiger partial charge in [-0.05, 0) is 13.3 Å². The summed E-state index contributed by atoms with van der Waals surface area (Å²) in [7, 11) is 0. The Labute approximate surface area is 164 Å². The number of carbonyl (C=O) groups is 2. The van der Waals surface area contributed by atoms with E-state index in [9.17, 15) is 9.59 Å². The summed E-state index contributed by atoms with van der Waals surface area (Å²) in [5, 5.41) is 0. The van der Waals surface area contributed by atoms with Crippen LogP contribution in [0, 0.1) is 0 Å². The Balaban J connectivity index is 1.70. The summed E-state index contributed by atoms with van der Waals surface area (Å²) < 4.78 is 11.2. The maximum atomic E-state index is 11.9. The number of carbonyl (C=O) groups excluding carboxylic acids is 2. The second-order valence-electron chi connectivity index (χ2n) is 6.54. The largest absolute Gasteiger partial charge is 0.466 e. The smallest absolute Gasteiger partial charge is 0.306 e. The van der Waals surface area contributed by atoms with Crippen LogP contribution in [0.1, 0.15) is 32.1 Å². The molecule has 0 unspecified atom stereocenters. The number of hydrogen-bond acceptors (Lipinski definition) is 5. The molecule has 0 aliphatic heterocycles. The Kier molecular flexibility index (Phi) is 6.73. The maximum absolute atomic E-state index is 11.9. The number of hydrogen-bond donors (Lipinski definition) is 0. The Bertz CT molecular complexity index is 859. The number of Topliss-reactive ketones (excluding diaryl/α,β-unsaturated/α-hetero) is 1. The molecule has 3 aromatic rings. The zero-order valence-corrected chi connectivity index (χ0v) is 15.9. The summed E-state index contributed by atoms with van der Waals surface area (Å²) in [6.07, 6.45) is 1.52. The number of ether oxygens (including phenoxy) is 1. The van der Waals surface area contributed by atoms with Gasteiger partial charge in [-0.15, -0.1) is 0 Å². The summed E-state index contributed by atoms with van der Waals surface area (Å²) in [5.74, 6) is 0.969. The van der Waals surface area contributed by atoms with Gasteiger partial charge in [-0.1, -0.05) is 60.7 Å². The number of esters is 1. The second kappa shape index (κ2) is 9.65. The topological polar surface area (TPSA) is 69.4 Å². The van der Waals surface area contributed by atoms with Crippen molar-refractivity contribution >= 4 is 11.8 Å². The zero-order chi connectivity index (χ0) is 19.8. The molecule has 5 heteroatoms. The Morgan fingerprint density at radius 3 is 2.21 bits per heavy atom.